The van der Waals surface area contributed by atoms with Crippen molar-refractivity contribution in [3.05, 3.63) is 47.0 Å². The molecule has 0 bridgehead atoms. The highest BCUT2D eigenvalue weighted by Crippen LogP contribution is 2.37. The molecule has 0 spiro atoms. The first kappa shape index (κ1) is 12.4. The molecule has 0 unspecified atom stereocenters. The zero-order valence-electron chi connectivity index (χ0n) is 9.08. The monoisotopic (exact) mass is 270 g/mol. The predicted molar refractivity (Wildman–Crippen MR) is 66.7 cm³/mol. The van der Waals surface area contributed by atoms with Crippen LogP contribution in [0.3, 0.4) is 0 Å². The first-order valence-electron chi connectivity index (χ1n) is 4.95. The van der Waals surface area contributed by atoms with E-state index in [0.29, 0.717) is 0 Å². The summed E-state index contributed by atoms with van der Waals surface area (Å²) in [5, 5.41) is -0.263. The fourth-order valence-electron chi connectivity index (χ4n) is 1.37. The van der Waals surface area contributed by atoms with E-state index in [2.05, 4.69) is 0 Å². The summed E-state index contributed by atoms with van der Waals surface area (Å²) >= 11 is 5.65. The molecule has 0 saturated heterocycles. The summed E-state index contributed by atoms with van der Waals surface area (Å²) in [6.45, 7) is 0. The fourth-order valence-corrected chi connectivity index (χ4v) is 1.51. The molecule has 2 rings (SSSR count). The molecule has 0 fully saturated rings. The molecule has 3 nitrogen and oxygen atoms in total. The third-order valence-corrected chi connectivity index (χ3v) is 2.64. The van der Waals surface area contributed by atoms with E-state index >= 15 is 0 Å². The third kappa shape index (κ3) is 2.31. The van der Waals surface area contributed by atoms with Gasteiger partial charge in [0.15, 0.2) is 11.6 Å². The van der Waals surface area contributed by atoms with Gasteiger partial charge in [-0.1, -0.05) is 11.6 Å². The van der Waals surface area contributed by atoms with Crippen molar-refractivity contribution in [1.82, 2.24) is 0 Å². The van der Waals surface area contributed by atoms with Crippen LogP contribution >= 0.6 is 11.6 Å². The van der Waals surface area contributed by atoms with Crippen molar-refractivity contribution in [3.63, 3.8) is 0 Å². The van der Waals surface area contributed by atoms with Gasteiger partial charge >= 0.3 is 0 Å². The van der Waals surface area contributed by atoms with Crippen molar-refractivity contribution in [2.45, 2.75) is 0 Å². The summed E-state index contributed by atoms with van der Waals surface area (Å²) in [6.07, 6.45) is 0. The van der Waals surface area contributed by atoms with Gasteiger partial charge in [-0.05, 0) is 30.3 Å². The summed E-state index contributed by atoms with van der Waals surface area (Å²) in [6, 6.07) is 6.35. The second-order valence-corrected chi connectivity index (χ2v) is 3.95. The van der Waals surface area contributed by atoms with Crippen molar-refractivity contribution in [1.29, 1.82) is 0 Å². The number of nitrogens with two attached hydrogens (primary N) is 2. The van der Waals surface area contributed by atoms with Crippen molar-refractivity contribution in [2.75, 3.05) is 11.5 Å². The summed E-state index contributed by atoms with van der Waals surface area (Å²) in [5.41, 5.74) is 11.1. The summed E-state index contributed by atoms with van der Waals surface area (Å²) in [4.78, 5) is 0. The Bertz CT molecular complexity index is 588. The molecule has 18 heavy (non-hydrogen) atoms. The van der Waals surface area contributed by atoms with Gasteiger partial charge in [-0.2, -0.15) is 0 Å². The SMILES string of the molecule is Nc1cc(N)c(Oc2ccc(F)cc2)c(F)c1Cl. The van der Waals surface area contributed by atoms with Crippen molar-refractivity contribution in [2.24, 2.45) is 0 Å². The van der Waals surface area contributed by atoms with E-state index in [1.165, 1.54) is 30.3 Å². The first-order valence-corrected chi connectivity index (χ1v) is 5.33. The lowest BCUT2D eigenvalue weighted by molar-refractivity contribution is 0.444. The summed E-state index contributed by atoms with van der Waals surface area (Å²) < 4.78 is 31.7. The number of rotatable bonds is 2. The van der Waals surface area contributed by atoms with E-state index in [9.17, 15) is 8.78 Å². The Kier molecular flexibility index (Phi) is 3.25. The molecular formula is C12H9ClF2N2O. The van der Waals surface area contributed by atoms with Crippen LogP contribution < -0.4 is 16.2 Å². The van der Waals surface area contributed by atoms with Gasteiger partial charge in [-0.15, -0.1) is 0 Å². The van der Waals surface area contributed by atoms with Crippen molar-refractivity contribution >= 4 is 23.0 Å². The van der Waals surface area contributed by atoms with Gasteiger partial charge in [0, 0.05) is 0 Å². The molecule has 0 aliphatic heterocycles. The minimum atomic E-state index is -0.849. The zero-order chi connectivity index (χ0) is 13.3. The second-order valence-electron chi connectivity index (χ2n) is 3.57. The van der Waals surface area contributed by atoms with Crippen LogP contribution in [0.5, 0.6) is 11.5 Å². The van der Waals surface area contributed by atoms with Crippen molar-refractivity contribution < 1.29 is 13.5 Å². The van der Waals surface area contributed by atoms with Crippen LogP contribution in [0.2, 0.25) is 5.02 Å². The van der Waals surface area contributed by atoms with Crippen LogP contribution in [0, 0.1) is 11.6 Å². The largest absolute Gasteiger partial charge is 0.452 e. The van der Waals surface area contributed by atoms with E-state index < -0.39 is 11.6 Å². The highest BCUT2D eigenvalue weighted by Gasteiger charge is 2.16. The maximum atomic E-state index is 13.8. The maximum Gasteiger partial charge on any atom is 0.188 e. The second kappa shape index (κ2) is 4.70. The maximum absolute atomic E-state index is 13.8. The number of halogens is 3. The quantitative estimate of drug-likeness (QED) is 0.820. The van der Waals surface area contributed by atoms with Gasteiger partial charge in [0.2, 0.25) is 0 Å². The molecule has 94 valence electrons. The molecule has 2 aromatic rings. The van der Waals surface area contributed by atoms with Crippen molar-refractivity contribution in [3.8, 4) is 11.5 Å². The fraction of sp³-hybridized carbons (Fsp3) is 0. The Hall–Kier alpha value is -2.01. The standard InChI is InChI=1S/C12H9ClF2N2O/c13-10-8(16)5-9(17)12(11(10)15)18-7-3-1-6(14)2-4-7/h1-5H,16-17H2. The van der Waals surface area contributed by atoms with Gasteiger partial charge in [0.25, 0.3) is 0 Å². The molecule has 0 radical (unpaired) electrons. The smallest absolute Gasteiger partial charge is 0.188 e. The minimum Gasteiger partial charge on any atom is -0.452 e. The molecule has 0 saturated carbocycles. The molecule has 6 heteroatoms. The summed E-state index contributed by atoms with van der Waals surface area (Å²) in [5.74, 6) is -1.27. The number of ether oxygens (including phenoxy) is 1. The number of anilines is 2. The molecule has 0 aliphatic carbocycles. The molecule has 0 aromatic heterocycles. The van der Waals surface area contributed by atoms with E-state index in [0.717, 1.165) is 0 Å². The van der Waals surface area contributed by atoms with Crippen LogP contribution in [-0.4, -0.2) is 0 Å². The van der Waals surface area contributed by atoms with E-state index in [-0.39, 0.29) is 27.9 Å². The highest BCUT2D eigenvalue weighted by atomic mass is 35.5. The molecule has 0 heterocycles. The topological polar surface area (TPSA) is 61.3 Å². The summed E-state index contributed by atoms with van der Waals surface area (Å²) in [7, 11) is 0. The third-order valence-electron chi connectivity index (χ3n) is 2.25. The Morgan fingerprint density at radius 2 is 1.61 bits per heavy atom. The average Bonchev–Trinajstić information content (AvgIpc) is 2.34. The van der Waals surface area contributed by atoms with Gasteiger partial charge in [-0.3, -0.25) is 0 Å². The molecule has 0 amide bonds. The number of hydrogen-bond donors (Lipinski definition) is 2. The number of hydrogen-bond acceptors (Lipinski definition) is 3. The van der Waals surface area contributed by atoms with E-state index in [4.69, 9.17) is 27.8 Å². The lowest BCUT2D eigenvalue weighted by Crippen LogP contribution is -1.99. The van der Waals surface area contributed by atoms with Crippen LogP contribution in [0.25, 0.3) is 0 Å². The average molecular weight is 271 g/mol. The van der Waals surface area contributed by atoms with Crippen LogP contribution in [0.4, 0.5) is 20.2 Å². The number of benzene rings is 2. The molecular weight excluding hydrogens is 262 g/mol. The molecule has 0 atom stereocenters. The lowest BCUT2D eigenvalue weighted by Gasteiger charge is -2.11. The normalized spacial score (nSPS) is 10.4. The number of nitrogen functional groups attached to an aromatic ring is 2. The first-order chi connectivity index (χ1) is 8.49. The van der Waals surface area contributed by atoms with Gasteiger partial charge in [0.05, 0.1) is 11.4 Å². The van der Waals surface area contributed by atoms with Gasteiger partial charge in [-0.25, -0.2) is 8.78 Å². The van der Waals surface area contributed by atoms with Gasteiger partial charge in [0.1, 0.15) is 16.6 Å². The zero-order valence-corrected chi connectivity index (χ0v) is 9.84. The predicted octanol–water partition coefficient (Wildman–Crippen LogP) is 3.57. The van der Waals surface area contributed by atoms with E-state index in [1.54, 1.807) is 0 Å². The Balaban J connectivity index is 2.40. The van der Waals surface area contributed by atoms with Gasteiger partial charge < -0.3 is 16.2 Å². The molecule has 4 N–H and O–H groups in total. The van der Waals surface area contributed by atoms with Crippen LogP contribution in [0.1, 0.15) is 0 Å². The lowest BCUT2D eigenvalue weighted by atomic mass is 10.2. The minimum absolute atomic E-state index is 0.0127. The van der Waals surface area contributed by atoms with Crippen LogP contribution in [0.15, 0.2) is 30.3 Å². The highest BCUT2D eigenvalue weighted by molar-refractivity contribution is 6.33. The Morgan fingerprint density at radius 1 is 1.00 bits per heavy atom. The molecule has 0 aliphatic rings. The van der Waals surface area contributed by atoms with E-state index in [1.807, 2.05) is 0 Å². The Labute approximate surface area is 107 Å². The Morgan fingerprint density at radius 3 is 2.22 bits per heavy atom. The molecule has 2 aromatic carbocycles. The van der Waals surface area contributed by atoms with Crippen LogP contribution in [-0.2, 0) is 0 Å².